The maximum absolute atomic E-state index is 14.4. The lowest BCUT2D eigenvalue weighted by Gasteiger charge is -2.37. The number of piperazine rings is 1. The van der Waals surface area contributed by atoms with Gasteiger partial charge in [0.1, 0.15) is 17.7 Å². The van der Waals surface area contributed by atoms with Crippen LogP contribution in [0.5, 0.6) is 0 Å². The van der Waals surface area contributed by atoms with Crippen LogP contribution in [-0.2, 0) is 16.0 Å². The van der Waals surface area contributed by atoms with Crippen LogP contribution in [0.25, 0.3) is 0 Å². The average Bonchev–Trinajstić information content (AvgIpc) is 2.84. The number of carbonyl (C=O) groups is 2. The molecule has 2 amide bonds. The highest BCUT2D eigenvalue weighted by Crippen LogP contribution is 2.22. The van der Waals surface area contributed by atoms with Gasteiger partial charge in [0.15, 0.2) is 11.6 Å². The lowest BCUT2D eigenvalue weighted by Crippen LogP contribution is -2.57. The SMILES string of the molecule is N=C1CN(C(=O)C[C@@H](Cc2cc(F)c(F)cc2F)NC(C(N)=O)c2ccccc2)CCN1C(=N)C(F)(F)F. The summed E-state index contributed by atoms with van der Waals surface area (Å²) in [6.07, 6.45) is -5.79. The molecule has 5 N–H and O–H groups in total. The van der Waals surface area contributed by atoms with E-state index in [1.807, 2.05) is 0 Å². The zero-order valence-electron chi connectivity index (χ0n) is 19.8. The smallest absolute Gasteiger partial charge is 0.368 e. The molecule has 1 aliphatic heterocycles. The number of rotatable bonds is 8. The number of nitrogens with one attached hydrogen (secondary N) is 3. The molecule has 8 nitrogen and oxygen atoms in total. The largest absolute Gasteiger partial charge is 0.449 e. The van der Waals surface area contributed by atoms with Crippen LogP contribution in [0, 0.1) is 28.3 Å². The Morgan fingerprint density at radius 1 is 1.03 bits per heavy atom. The van der Waals surface area contributed by atoms with E-state index in [1.54, 1.807) is 30.3 Å². The molecule has 204 valence electrons. The molecule has 0 saturated carbocycles. The van der Waals surface area contributed by atoms with Crippen molar-refractivity contribution in [2.45, 2.75) is 31.1 Å². The molecule has 1 aliphatic rings. The van der Waals surface area contributed by atoms with Crippen LogP contribution in [0.3, 0.4) is 0 Å². The first-order valence-corrected chi connectivity index (χ1v) is 11.3. The first-order valence-electron chi connectivity index (χ1n) is 11.3. The molecule has 2 aromatic rings. The topological polar surface area (TPSA) is 126 Å². The first kappa shape index (κ1) is 28.6. The Morgan fingerprint density at radius 3 is 2.24 bits per heavy atom. The van der Waals surface area contributed by atoms with E-state index in [9.17, 15) is 35.9 Å². The van der Waals surface area contributed by atoms with Crippen molar-refractivity contribution in [1.29, 1.82) is 10.8 Å². The molecule has 0 aliphatic carbocycles. The molecule has 1 fully saturated rings. The van der Waals surface area contributed by atoms with Crippen LogP contribution in [-0.4, -0.2) is 65.1 Å². The Morgan fingerprint density at radius 2 is 1.66 bits per heavy atom. The number of carbonyl (C=O) groups excluding carboxylic acids is 2. The second-order valence-electron chi connectivity index (χ2n) is 8.64. The van der Waals surface area contributed by atoms with Gasteiger partial charge in [0, 0.05) is 31.6 Å². The van der Waals surface area contributed by atoms with Crippen LogP contribution in [0.2, 0.25) is 0 Å². The number of alkyl halides is 3. The number of benzene rings is 2. The number of nitrogens with zero attached hydrogens (tertiary/aromatic N) is 2. The zero-order chi connectivity index (χ0) is 28.2. The molecular formula is C24H24F6N6O2. The minimum Gasteiger partial charge on any atom is -0.368 e. The van der Waals surface area contributed by atoms with Gasteiger partial charge in [-0.3, -0.25) is 25.7 Å². The molecule has 38 heavy (non-hydrogen) atoms. The minimum absolute atomic E-state index is 0.246. The molecule has 3 rings (SSSR count). The summed E-state index contributed by atoms with van der Waals surface area (Å²) < 4.78 is 80.3. The number of halogens is 6. The third kappa shape index (κ3) is 6.88. The molecule has 0 radical (unpaired) electrons. The van der Waals surface area contributed by atoms with Gasteiger partial charge in [-0.1, -0.05) is 30.3 Å². The maximum atomic E-state index is 14.4. The number of hydrogen-bond donors (Lipinski definition) is 4. The van der Waals surface area contributed by atoms with E-state index in [4.69, 9.17) is 16.6 Å². The number of nitrogens with two attached hydrogens (primary N) is 1. The van der Waals surface area contributed by atoms with Crippen molar-refractivity contribution in [3.05, 3.63) is 71.0 Å². The van der Waals surface area contributed by atoms with Crippen LogP contribution < -0.4 is 11.1 Å². The lowest BCUT2D eigenvalue weighted by molar-refractivity contribution is -0.132. The zero-order valence-corrected chi connectivity index (χ0v) is 19.8. The van der Waals surface area contributed by atoms with Crippen molar-refractivity contribution in [2.75, 3.05) is 19.6 Å². The number of hydrogen-bond acceptors (Lipinski definition) is 5. The highest BCUT2D eigenvalue weighted by atomic mass is 19.4. The fourth-order valence-corrected chi connectivity index (χ4v) is 4.05. The van der Waals surface area contributed by atoms with Crippen molar-refractivity contribution in [3.63, 3.8) is 0 Å². The Hall–Kier alpha value is -3.94. The van der Waals surface area contributed by atoms with Crippen LogP contribution in [0.1, 0.15) is 23.6 Å². The Kier molecular flexibility index (Phi) is 8.76. The summed E-state index contributed by atoms with van der Waals surface area (Å²) in [6.45, 7) is -1.22. The van der Waals surface area contributed by atoms with Crippen molar-refractivity contribution in [1.82, 2.24) is 15.1 Å². The summed E-state index contributed by atoms with van der Waals surface area (Å²) in [6, 6.07) is 6.88. The fourth-order valence-electron chi connectivity index (χ4n) is 4.05. The monoisotopic (exact) mass is 542 g/mol. The highest BCUT2D eigenvalue weighted by molar-refractivity contribution is 6.03. The molecule has 0 spiro atoms. The predicted octanol–water partition coefficient (Wildman–Crippen LogP) is 2.88. The van der Waals surface area contributed by atoms with Crippen molar-refractivity contribution < 1.29 is 35.9 Å². The predicted molar refractivity (Wildman–Crippen MR) is 125 cm³/mol. The number of amidine groups is 2. The van der Waals surface area contributed by atoms with Crippen LogP contribution >= 0.6 is 0 Å². The van der Waals surface area contributed by atoms with E-state index >= 15 is 0 Å². The van der Waals surface area contributed by atoms with E-state index in [0.29, 0.717) is 22.6 Å². The van der Waals surface area contributed by atoms with Gasteiger partial charge in [0.05, 0.1) is 6.54 Å². The van der Waals surface area contributed by atoms with Gasteiger partial charge in [-0.05, 0) is 23.6 Å². The average molecular weight is 542 g/mol. The molecule has 0 bridgehead atoms. The third-order valence-electron chi connectivity index (χ3n) is 5.95. The normalized spacial score (nSPS) is 15.8. The van der Waals surface area contributed by atoms with Gasteiger partial charge in [0.25, 0.3) is 0 Å². The summed E-state index contributed by atoms with van der Waals surface area (Å²) in [5.74, 6) is -7.66. The second kappa shape index (κ2) is 11.6. The van der Waals surface area contributed by atoms with Crippen molar-refractivity contribution in [3.8, 4) is 0 Å². The fraction of sp³-hybridized carbons (Fsp3) is 0.333. The molecule has 0 aromatic heterocycles. The van der Waals surface area contributed by atoms with Gasteiger partial charge < -0.3 is 15.5 Å². The summed E-state index contributed by atoms with van der Waals surface area (Å²) in [7, 11) is 0. The number of primary amides is 1. The van der Waals surface area contributed by atoms with Gasteiger partial charge in [0.2, 0.25) is 17.6 Å². The molecule has 1 unspecified atom stereocenters. The standard InChI is InChI=1S/C24H24F6N6O2/c25-16-11-18(27)17(26)9-14(16)8-15(34-21(22(32)38)13-4-2-1-3-5-13)10-20(37)35-6-7-36(19(31)12-35)23(33)24(28,29)30/h1-5,9,11,15,21,31,33-34H,6-8,10,12H2,(H2,32,38)/t15-,21?/m1/s1. The second-order valence-corrected chi connectivity index (χ2v) is 8.64. The minimum atomic E-state index is -4.97. The summed E-state index contributed by atoms with van der Waals surface area (Å²) in [4.78, 5) is 26.8. The molecule has 1 heterocycles. The van der Waals surface area contributed by atoms with E-state index < -0.39 is 78.7 Å². The molecule has 1 saturated heterocycles. The summed E-state index contributed by atoms with van der Waals surface area (Å²) in [5, 5.41) is 18.0. The van der Waals surface area contributed by atoms with E-state index in [2.05, 4.69) is 5.32 Å². The molecule has 14 heteroatoms. The highest BCUT2D eigenvalue weighted by Gasteiger charge is 2.42. The van der Waals surface area contributed by atoms with Gasteiger partial charge in [-0.15, -0.1) is 0 Å². The third-order valence-corrected chi connectivity index (χ3v) is 5.95. The lowest BCUT2D eigenvalue weighted by atomic mass is 9.98. The molecule has 2 atom stereocenters. The van der Waals surface area contributed by atoms with E-state index in [1.165, 1.54) is 0 Å². The molecular weight excluding hydrogens is 518 g/mol. The Balaban J connectivity index is 1.82. The van der Waals surface area contributed by atoms with Gasteiger partial charge >= 0.3 is 6.18 Å². The van der Waals surface area contributed by atoms with E-state index in [0.717, 1.165) is 4.90 Å². The Labute approximate surface area is 213 Å². The quantitative estimate of drug-likeness (QED) is 0.177. The molecule has 2 aromatic carbocycles. The number of amides is 2. The maximum Gasteiger partial charge on any atom is 0.449 e. The first-order chi connectivity index (χ1) is 17.8. The summed E-state index contributed by atoms with van der Waals surface area (Å²) in [5.41, 5.74) is 5.66. The van der Waals surface area contributed by atoms with E-state index in [-0.39, 0.29) is 18.5 Å². The van der Waals surface area contributed by atoms with Crippen molar-refractivity contribution in [2.24, 2.45) is 5.73 Å². The summed E-state index contributed by atoms with van der Waals surface area (Å²) >= 11 is 0. The van der Waals surface area contributed by atoms with Crippen LogP contribution in [0.15, 0.2) is 42.5 Å². The van der Waals surface area contributed by atoms with Gasteiger partial charge in [-0.2, -0.15) is 13.2 Å². The van der Waals surface area contributed by atoms with Crippen molar-refractivity contribution >= 4 is 23.5 Å². The Bertz CT molecular complexity index is 1220. The van der Waals surface area contributed by atoms with Crippen LogP contribution in [0.4, 0.5) is 26.3 Å². The van der Waals surface area contributed by atoms with Gasteiger partial charge in [-0.25, -0.2) is 13.2 Å².